The van der Waals surface area contributed by atoms with Crippen LogP contribution in [0.2, 0.25) is 0 Å². The molecule has 1 aliphatic rings. The Morgan fingerprint density at radius 2 is 2.30 bits per heavy atom. The molecule has 0 aromatic carbocycles. The normalized spacial score (nSPS) is 25.3. The largest absolute Gasteiger partial charge is 0.469 e. The number of hydrogen-bond acceptors (Lipinski definition) is 8. The third-order valence-electron chi connectivity index (χ3n) is 3.38. The van der Waals surface area contributed by atoms with Crippen molar-refractivity contribution in [2.24, 2.45) is 0 Å². The van der Waals surface area contributed by atoms with Gasteiger partial charge >= 0.3 is 7.82 Å². The summed E-state index contributed by atoms with van der Waals surface area (Å²) in [6, 6.07) is 0. The number of imidazole rings is 1. The van der Waals surface area contributed by atoms with Gasteiger partial charge in [-0.25, -0.2) is 9.55 Å². The van der Waals surface area contributed by atoms with E-state index in [1.807, 2.05) is 0 Å². The Morgan fingerprint density at radius 1 is 1.57 bits per heavy atom. The van der Waals surface area contributed by atoms with E-state index in [0.717, 1.165) is 0 Å². The van der Waals surface area contributed by atoms with Crippen molar-refractivity contribution >= 4 is 24.9 Å². The van der Waals surface area contributed by atoms with Crippen molar-refractivity contribution < 1.29 is 28.7 Å². The summed E-state index contributed by atoms with van der Waals surface area (Å²) < 4.78 is 21.9. The number of nitrogens with zero attached hydrogens (tertiary/aromatic N) is 3. The number of nitrogens with one attached hydrogen (secondary N) is 1. The summed E-state index contributed by atoms with van der Waals surface area (Å²) in [5.74, 6) is -0.0759. The topological polar surface area (TPSA) is 186 Å². The van der Waals surface area contributed by atoms with Crippen molar-refractivity contribution in [3.8, 4) is 0 Å². The smallest absolute Gasteiger partial charge is 0.390 e. The predicted molar refractivity (Wildman–Crippen MR) is 75.1 cm³/mol. The van der Waals surface area contributed by atoms with Crippen LogP contribution >= 0.6 is 7.82 Å². The highest BCUT2D eigenvalue weighted by atomic mass is 31.2. The van der Waals surface area contributed by atoms with Crippen molar-refractivity contribution in [1.29, 1.82) is 0 Å². The maximum absolute atomic E-state index is 12.0. The molecule has 1 fully saturated rings. The molecule has 2 aromatic rings. The number of phosphoric acid groups is 1. The Kier molecular flexibility index (Phi) is 3.96. The monoisotopic (exact) mass is 347 g/mol. The average molecular weight is 347 g/mol. The van der Waals surface area contributed by atoms with Gasteiger partial charge in [-0.1, -0.05) is 0 Å². The first-order chi connectivity index (χ1) is 10.7. The highest BCUT2D eigenvalue weighted by molar-refractivity contribution is 7.46. The zero-order valence-corrected chi connectivity index (χ0v) is 12.5. The molecule has 2 aromatic heterocycles. The Balaban J connectivity index is 1.84. The van der Waals surface area contributed by atoms with Crippen LogP contribution in [-0.4, -0.2) is 53.2 Å². The number of ether oxygens (including phenoxy) is 1. The summed E-state index contributed by atoms with van der Waals surface area (Å²) in [5.41, 5.74) is 5.16. The Labute approximate surface area is 128 Å². The molecule has 3 atom stereocenters. The van der Waals surface area contributed by atoms with Crippen LogP contribution in [0, 0.1) is 0 Å². The van der Waals surface area contributed by atoms with E-state index in [-0.39, 0.29) is 23.5 Å². The second-order valence-corrected chi connectivity index (χ2v) is 6.23. The van der Waals surface area contributed by atoms with Gasteiger partial charge < -0.3 is 25.4 Å². The van der Waals surface area contributed by atoms with Gasteiger partial charge in [-0.3, -0.25) is 18.9 Å². The fourth-order valence-electron chi connectivity index (χ4n) is 2.39. The number of aliphatic hydroxyl groups excluding tert-OH is 1. The maximum Gasteiger partial charge on any atom is 0.469 e. The van der Waals surface area contributed by atoms with E-state index in [2.05, 4.69) is 19.5 Å². The summed E-state index contributed by atoms with van der Waals surface area (Å²) in [5, 5.41) is 9.93. The molecule has 6 N–H and O–H groups in total. The zero-order chi connectivity index (χ0) is 16.8. The minimum atomic E-state index is -4.67. The predicted octanol–water partition coefficient (Wildman–Crippen LogP) is -1.54. The molecule has 23 heavy (non-hydrogen) atoms. The number of fused-ring (bicyclic) bond motifs is 1. The molecule has 0 bridgehead atoms. The third kappa shape index (κ3) is 3.27. The van der Waals surface area contributed by atoms with E-state index >= 15 is 0 Å². The SMILES string of the molecule is Nc1nc2ncn(C3CC(O)C(COP(=O)(O)O)O3)c2c(=O)[nH]1. The lowest BCUT2D eigenvalue weighted by molar-refractivity contribution is -0.0423. The summed E-state index contributed by atoms with van der Waals surface area (Å²) in [4.78, 5) is 39.5. The van der Waals surface area contributed by atoms with Gasteiger partial charge in [0.2, 0.25) is 5.95 Å². The van der Waals surface area contributed by atoms with Crippen molar-refractivity contribution in [3.05, 3.63) is 16.7 Å². The molecule has 0 amide bonds. The lowest BCUT2D eigenvalue weighted by Crippen LogP contribution is -2.26. The first-order valence-electron chi connectivity index (χ1n) is 6.50. The van der Waals surface area contributed by atoms with Gasteiger partial charge in [0, 0.05) is 6.42 Å². The summed E-state index contributed by atoms with van der Waals surface area (Å²) in [7, 11) is -4.67. The second kappa shape index (κ2) is 5.67. The highest BCUT2D eigenvalue weighted by Gasteiger charge is 2.37. The minimum absolute atomic E-state index is 0.0759. The van der Waals surface area contributed by atoms with Crippen molar-refractivity contribution in [3.63, 3.8) is 0 Å². The number of aromatic amines is 1. The average Bonchev–Trinajstić information content (AvgIpc) is 2.99. The maximum atomic E-state index is 12.0. The van der Waals surface area contributed by atoms with Crippen LogP contribution in [0.3, 0.4) is 0 Å². The number of nitrogens with two attached hydrogens (primary N) is 1. The lowest BCUT2D eigenvalue weighted by atomic mass is 10.2. The molecular formula is C10H14N5O7P. The lowest BCUT2D eigenvalue weighted by Gasteiger charge is -2.16. The molecule has 3 rings (SSSR count). The number of nitrogen functional groups attached to an aromatic ring is 1. The van der Waals surface area contributed by atoms with Gasteiger partial charge in [-0.15, -0.1) is 0 Å². The molecule has 0 saturated carbocycles. The Hall–Kier alpha value is -1.82. The third-order valence-corrected chi connectivity index (χ3v) is 3.86. The van der Waals surface area contributed by atoms with E-state index in [0.29, 0.717) is 0 Å². The Morgan fingerprint density at radius 3 is 3.00 bits per heavy atom. The van der Waals surface area contributed by atoms with E-state index in [1.165, 1.54) is 10.9 Å². The molecule has 12 nitrogen and oxygen atoms in total. The molecule has 3 unspecified atom stereocenters. The zero-order valence-electron chi connectivity index (χ0n) is 11.6. The fourth-order valence-corrected chi connectivity index (χ4v) is 2.74. The van der Waals surface area contributed by atoms with E-state index in [9.17, 15) is 14.5 Å². The number of aliphatic hydroxyl groups is 1. The van der Waals surface area contributed by atoms with Crippen molar-refractivity contribution in [2.45, 2.75) is 24.9 Å². The number of H-pyrrole nitrogens is 1. The van der Waals surface area contributed by atoms with E-state index in [4.69, 9.17) is 20.3 Å². The molecule has 126 valence electrons. The Bertz CT molecular complexity index is 829. The van der Waals surface area contributed by atoms with Gasteiger partial charge in [0.15, 0.2) is 11.2 Å². The van der Waals surface area contributed by atoms with Gasteiger partial charge in [-0.2, -0.15) is 4.98 Å². The molecule has 3 heterocycles. The molecule has 0 radical (unpaired) electrons. The highest BCUT2D eigenvalue weighted by Crippen LogP contribution is 2.38. The van der Waals surface area contributed by atoms with Crippen LogP contribution in [0.1, 0.15) is 12.6 Å². The fraction of sp³-hybridized carbons (Fsp3) is 0.500. The molecule has 1 aliphatic heterocycles. The molecule has 1 saturated heterocycles. The van der Waals surface area contributed by atoms with Gasteiger partial charge in [-0.05, 0) is 0 Å². The van der Waals surface area contributed by atoms with Gasteiger partial charge in [0.25, 0.3) is 5.56 Å². The summed E-state index contributed by atoms with van der Waals surface area (Å²) in [6.45, 7) is -0.490. The quantitative estimate of drug-likeness (QED) is 0.406. The standard InChI is InChI=1S/C10H14N5O7P/c11-10-13-8-7(9(17)14-10)15(3-12-8)6-1-4(16)5(22-6)2-21-23(18,19)20/h3-6,16H,1-2H2,(H2,18,19,20)(H3,11,13,14,17). The van der Waals surface area contributed by atoms with E-state index in [1.54, 1.807) is 0 Å². The number of rotatable bonds is 4. The molecular weight excluding hydrogens is 333 g/mol. The summed E-state index contributed by atoms with van der Waals surface area (Å²) in [6.07, 6.45) is -1.33. The van der Waals surface area contributed by atoms with Crippen LogP contribution < -0.4 is 11.3 Å². The van der Waals surface area contributed by atoms with Crippen molar-refractivity contribution in [1.82, 2.24) is 19.5 Å². The first-order valence-corrected chi connectivity index (χ1v) is 8.03. The molecule has 13 heteroatoms. The molecule has 0 aliphatic carbocycles. The molecule has 0 spiro atoms. The van der Waals surface area contributed by atoms with Crippen molar-refractivity contribution in [2.75, 3.05) is 12.3 Å². The van der Waals surface area contributed by atoms with Crippen LogP contribution in [0.4, 0.5) is 5.95 Å². The number of aromatic nitrogens is 4. The summed E-state index contributed by atoms with van der Waals surface area (Å²) >= 11 is 0. The number of hydrogen-bond donors (Lipinski definition) is 5. The van der Waals surface area contributed by atoms with Gasteiger partial charge in [0.05, 0.1) is 19.0 Å². The van der Waals surface area contributed by atoms with Crippen LogP contribution in [0.15, 0.2) is 11.1 Å². The second-order valence-electron chi connectivity index (χ2n) is 4.99. The number of phosphoric ester groups is 1. The first kappa shape index (κ1) is 16.1. The minimum Gasteiger partial charge on any atom is -0.390 e. The van der Waals surface area contributed by atoms with Crippen LogP contribution in [0.25, 0.3) is 11.2 Å². The van der Waals surface area contributed by atoms with Crippen LogP contribution in [0.5, 0.6) is 0 Å². The van der Waals surface area contributed by atoms with Gasteiger partial charge in [0.1, 0.15) is 12.3 Å². The number of anilines is 1. The van der Waals surface area contributed by atoms with Crippen LogP contribution in [-0.2, 0) is 13.8 Å². The van der Waals surface area contributed by atoms with E-state index < -0.39 is 38.4 Å².